The van der Waals surface area contributed by atoms with Gasteiger partial charge in [-0.1, -0.05) is 24.3 Å². The van der Waals surface area contributed by atoms with Gasteiger partial charge in [-0.2, -0.15) is 5.10 Å². The molecule has 0 saturated heterocycles. The van der Waals surface area contributed by atoms with Gasteiger partial charge in [0.15, 0.2) is 11.6 Å². The van der Waals surface area contributed by atoms with Crippen molar-refractivity contribution in [2.45, 2.75) is 6.92 Å². The third-order valence-electron chi connectivity index (χ3n) is 3.31. The number of anilines is 1. The third-order valence-corrected chi connectivity index (χ3v) is 3.31. The van der Waals surface area contributed by atoms with Crippen molar-refractivity contribution in [2.24, 2.45) is 0 Å². The molecule has 0 aliphatic rings. The number of aryl methyl sites for hydroxylation is 1. The normalized spacial score (nSPS) is 10.8. The first-order valence-electron chi connectivity index (χ1n) is 6.43. The van der Waals surface area contributed by atoms with Gasteiger partial charge in [-0.3, -0.25) is 0 Å². The molecule has 106 valence electrons. The average Bonchev–Trinajstić information content (AvgIpc) is 2.84. The van der Waals surface area contributed by atoms with E-state index < -0.39 is 11.6 Å². The minimum atomic E-state index is -0.945. The van der Waals surface area contributed by atoms with E-state index in [0.29, 0.717) is 5.69 Å². The van der Waals surface area contributed by atoms with Crippen LogP contribution in [0.15, 0.2) is 48.7 Å². The van der Waals surface area contributed by atoms with E-state index in [4.69, 9.17) is 5.73 Å². The number of para-hydroxylation sites is 1. The van der Waals surface area contributed by atoms with Crippen LogP contribution in [0.4, 0.5) is 14.5 Å². The van der Waals surface area contributed by atoms with Crippen molar-refractivity contribution in [3.63, 3.8) is 0 Å². The van der Waals surface area contributed by atoms with Crippen molar-refractivity contribution in [1.82, 2.24) is 9.78 Å². The molecule has 21 heavy (non-hydrogen) atoms. The molecule has 0 aliphatic heterocycles. The highest BCUT2D eigenvalue weighted by atomic mass is 19.2. The lowest BCUT2D eigenvalue weighted by atomic mass is 10.1. The first-order valence-corrected chi connectivity index (χ1v) is 6.43. The molecular weight excluding hydrogens is 272 g/mol. The molecule has 0 radical (unpaired) electrons. The van der Waals surface area contributed by atoms with E-state index in [1.54, 1.807) is 10.9 Å². The molecule has 2 N–H and O–H groups in total. The van der Waals surface area contributed by atoms with Gasteiger partial charge < -0.3 is 5.73 Å². The molecular formula is C16H13F2N3. The lowest BCUT2D eigenvalue weighted by Gasteiger charge is -2.05. The topological polar surface area (TPSA) is 43.8 Å². The molecule has 2 aromatic carbocycles. The molecule has 0 fully saturated rings. The fourth-order valence-electron chi connectivity index (χ4n) is 2.23. The van der Waals surface area contributed by atoms with Gasteiger partial charge >= 0.3 is 0 Å². The smallest absolute Gasteiger partial charge is 0.168 e. The number of nitrogens with two attached hydrogens (primary N) is 1. The third kappa shape index (κ3) is 2.27. The van der Waals surface area contributed by atoms with Crippen molar-refractivity contribution < 1.29 is 8.78 Å². The Morgan fingerprint density at radius 1 is 1.05 bits per heavy atom. The standard InChI is InChI=1S/C16H13F2N3/c1-10-5-2-3-8-14(10)21-9-13(19)16(20-21)11-6-4-7-12(17)15(11)18/h2-9H,19H2,1H3. The molecule has 0 atom stereocenters. The quantitative estimate of drug-likeness (QED) is 0.780. The van der Waals surface area contributed by atoms with Crippen LogP contribution in [0.25, 0.3) is 16.9 Å². The van der Waals surface area contributed by atoms with Crippen LogP contribution in [-0.2, 0) is 0 Å². The average molecular weight is 285 g/mol. The Morgan fingerprint density at radius 3 is 2.57 bits per heavy atom. The van der Waals surface area contributed by atoms with Gasteiger partial charge in [0.25, 0.3) is 0 Å². The highest BCUT2D eigenvalue weighted by Gasteiger charge is 2.16. The predicted molar refractivity (Wildman–Crippen MR) is 78.1 cm³/mol. The molecule has 0 spiro atoms. The van der Waals surface area contributed by atoms with Gasteiger partial charge in [-0.05, 0) is 30.7 Å². The van der Waals surface area contributed by atoms with E-state index in [9.17, 15) is 8.78 Å². The van der Waals surface area contributed by atoms with Gasteiger partial charge in [-0.15, -0.1) is 0 Å². The Bertz CT molecular complexity index is 809. The summed E-state index contributed by atoms with van der Waals surface area (Å²) < 4.78 is 28.8. The second-order valence-electron chi connectivity index (χ2n) is 4.77. The molecule has 1 heterocycles. The van der Waals surface area contributed by atoms with Gasteiger partial charge in [0, 0.05) is 5.56 Å². The van der Waals surface area contributed by atoms with Crippen LogP contribution in [0.3, 0.4) is 0 Å². The van der Waals surface area contributed by atoms with Crippen molar-refractivity contribution >= 4 is 5.69 Å². The maximum Gasteiger partial charge on any atom is 0.168 e. The molecule has 5 heteroatoms. The molecule has 0 aliphatic carbocycles. The highest BCUT2D eigenvalue weighted by Crippen LogP contribution is 2.29. The number of nitrogens with zero attached hydrogens (tertiary/aromatic N) is 2. The van der Waals surface area contributed by atoms with E-state index in [1.807, 2.05) is 31.2 Å². The van der Waals surface area contributed by atoms with Crippen LogP contribution in [0.2, 0.25) is 0 Å². The van der Waals surface area contributed by atoms with E-state index in [-0.39, 0.29) is 11.3 Å². The number of halogens is 2. The second kappa shape index (κ2) is 5.01. The second-order valence-corrected chi connectivity index (χ2v) is 4.77. The molecule has 0 bridgehead atoms. The summed E-state index contributed by atoms with van der Waals surface area (Å²) in [6.07, 6.45) is 1.60. The van der Waals surface area contributed by atoms with Crippen molar-refractivity contribution in [1.29, 1.82) is 0 Å². The SMILES string of the molecule is Cc1ccccc1-n1cc(N)c(-c2cccc(F)c2F)n1. The molecule has 0 amide bonds. The van der Waals surface area contributed by atoms with Gasteiger partial charge in [-0.25, -0.2) is 13.5 Å². The molecule has 1 aromatic heterocycles. The number of hydrogen-bond donors (Lipinski definition) is 1. The van der Waals surface area contributed by atoms with Crippen LogP contribution >= 0.6 is 0 Å². The van der Waals surface area contributed by atoms with Crippen LogP contribution < -0.4 is 5.73 Å². The molecule has 0 saturated carbocycles. The summed E-state index contributed by atoms with van der Waals surface area (Å²) in [4.78, 5) is 0. The fraction of sp³-hybridized carbons (Fsp3) is 0.0625. The molecule has 3 rings (SSSR count). The Morgan fingerprint density at radius 2 is 1.81 bits per heavy atom. The van der Waals surface area contributed by atoms with Crippen LogP contribution in [0.5, 0.6) is 0 Å². The van der Waals surface area contributed by atoms with Crippen molar-refractivity contribution in [3.8, 4) is 16.9 Å². The monoisotopic (exact) mass is 285 g/mol. The zero-order chi connectivity index (χ0) is 15.0. The van der Waals surface area contributed by atoms with Crippen LogP contribution in [0, 0.1) is 18.6 Å². The van der Waals surface area contributed by atoms with E-state index in [1.165, 1.54) is 12.1 Å². The predicted octanol–water partition coefficient (Wildman–Crippen LogP) is 3.71. The summed E-state index contributed by atoms with van der Waals surface area (Å²) in [7, 11) is 0. The maximum absolute atomic E-state index is 13.9. The number of benzene rings is 2. The maximum atomic E-state index is 13.9. The summed E-state index contributed by atoms with van der Waals surface area (Å²) in [6, 6.07) is 11.6. The first-order chi connectivity index (χ1) is 10.1. The molecule has 0 unspecified atom stereocenters. The Kier molecular flexibility index (Phi) is 3.17. The highest BCUT2D eigenvalue weighted by molar-refractivity contribution is 5.73. The summed E-state index contributed by atoms with van der Waals surface area (Å²) in [5.41, 5.74) is 8.33. The summed E-state index contributed by atoms with van der Waals surface area (Å²) in [5, 5.41) is 4.30. The lowest BCUT2D eigenvalue weighted by molar-refractivity contribution is 0.511. The van der Waals surface area contributed by atoms with E-state index in [2.05, 4.69) is 5.10 Å². The Balaban J connectivity index is 2.15. The van der Waals surface area contributed by atoms with Gasteiger partial charge in [0.1, 0.15) is 5.69 Å². The fourth-order valence-corrected chi connectivity index (χ4v) is 2.23. The largest absolute Gasteiger partial charge is 0.396 e. The van der Waals surface area contributed by atoms with Gasteiger partial charge in [0.2, 0.25) is 0 Å². The minimum Gasteiger partial charge on any atom is -0.396 e. The molecule has 3 nitrogen and oxygen atoms in total. The van der Waals surface area contributed by atoms with E-state index >= 15 is 0 Å². The zero-order valence-electron chi connectivity index (χ0n) is 11.3. The Labute approximate surface area is 120 Å². The Hall–Kier alpha value is -2.69. The first kappa shape index (κ1) is 13.3. The number of hydrogen-bond acceptors (Lipinski definition) is 2. The number of aromatic nitrogens is 2. The van der Waals surface area contributed by atoms with Crippen LogP contribution in [0.1, 0.15) is 5.56 Å². The van der Waals surface area contributed by atoms with E-state index in [0.717, 1.165) is 17.3 Å². The zero-order valence-corrected chi connectivity index (χ0v) is 11.3. The lowest BCUT2D eigenvalue weighted by Crippen LogP contribution is -1.98. The summed E-state index contributed by atoms with van der Waals surface area (Å²) in [5.74, 6) is -1.86. The molecule has 3 aromatic rings. The van der Waals surface area contributed by atoms with Crippen LogP contribution in [-0.4, -0.2) is 9.78 Å². The van der Waals surface area contributed by atoms with Crippen molar-refractivity contribution in [3.05, 3.63) is 65.9 Å². The summed E-state index contributed by atoms with van der Waals surface area (Å²) in [6.45, 7) is 1.94. The summed E-state index contributed by atoms with van der Waals surface area (Å²) >= 11 is 0. The number of nitrogen functional groups attached to an aromatic ring is 1. The minimum absolute atomic E-state index is 0.0554. The van der Waals surface area contributed by atoms with Crippen molar-refractivity contribution in [2.75, 3.05) is 5.73 Å². The van der Waals surface area contributed by atoms with Gasteiger partial charge in [0.05, 0.1) is 17.6 Å². The number of rotatable bonds is 2.